The SMILES string of the molecule is CC(C)(C)c1ccc(N(c2ccc3c(c2)C2(c4ccccc4N4c5ccccc5Oc5cccc2c54)c2cc(N(c4ccc(C(C)(C)C)cc4)c4ccc5ccccc5c4)c4ccccc4c2-3)c2ccc3ccccc3c2)cc1. The maximum Gasteiger partial charge on any atom is 0.151 e. The minimum absolute atomic E-state index is 0.000722. The number of ether oxygens (including phenoxy) is 1. The van der Waals surface area contributed by atoms with Gasteiger partial charge >= 0.3 is 0 Å². The van der Waals surface area contributed by atoms with Crippen molar-refractivity contribution in [2.75, 3.05) is 14.7 Å². The lowest BCUT2D eigenvalue weighted by Crippen LogP contribution is -2.37. The van der Waals surface area contributed by atoms with Crippen LogP contribution in [0.25, 0.3) is 43.4 Å². The summed E-state index contributed by atoms with van der Waals surface area (Å²) in [5.41, 5.74) is 18.9. The molecule has 4 heteroatoms. The van der Waals surface area contributed by atoms with Crippen molar-refractivity contribution in [3.05, 3.63) is 282 Å². The van der Waals surface area contributed by atoms with E-state index in [-0.39, 0.29) is 10.8 Å². The van der Waals surface area contributed by atoms with Gasteiger partial charge < -0.3 is 19.4 Å². The van der Waals surface area contributed by atoms with Crippen molar-refractivity contribution in [3.63, 3.8) is 0 Å². The molecule has 0 saturated carbocycles. The highest BCUT2D eigenvalue weighted by atomic mass is 16.5. The van der Waals surface area contributed by atoms with Gasteiger partial charge in [0.1, 0.15) is 0 Å². The zero-order chi connectivity index (χ0) is 53.4. The zero-order valence-electron chi connectivity index (χ0n) is 45.4. The fraction of sp³-hybridized carbons (Fsp3) is 0.120. The number of fused-ring (bicyclic) bond motifs is 15. The van der Waals surface area contributed by atoms with Crippen LogP contribution in [0.1, 0.15) is 74.9 Å². The molecule has 2 heterocycles. The average molecular weight is 1020 g/mol. The third kappa shape index (κ3) is 7.13. The Balaban J connectivity index is 1.06. The van der Waals surface area contributed by atoms with Gasteiger partial charge in [0.15, 0.2) is 11.5 Å². The molecule has 1 spiro atoms. The second-order valence-corrected chi connectivity index (χ2v) is 23.7. The number of anilines is 9. The van der Waals surface area contributed by atoms with Crippen LogP contribution < -0.4 is 19.4 Å². The molecule has 380 valence electrons. The summed E-state index contributed by atoms with van der Waals surface area (Å²) in [6.07, 6.45) is 0. The predicted octanol–water partition coefficient (Wildman–Crippen LogP) is 20.9. The summed E-state index contributed by atoms with van der Waals surface area (Å²) < 4.78 is 7.02. The molecule has 79 heavy (non-hydrogen) atoms. The third-order valence-corrected chi connectivity index (χ3v) is 17.1. The molecule has 15 rings (SSSR count). The van der Waals surface area contributed by atoms with E-state index in [1.54, 1.807) is 0 Å². The first-order valence-electron chi connectivity index (χ1n) is 27.7. The van der Waals surface area contributed by atoms with Gasteiger partial charge in [-0.2, -0.15) is 0 Å². The summed E-state index contributed by atoms with van der Waals surface area (Å²) in [5.74, 6) is 1.68. The normalized spacial score (nSPS) is 14.8. The first kappa shape index (κ1) is 46.9. The summed E-state index contributed by atoms with van der Waals surface area (Å²) in [7, 11) is 0. The van der Waals surface area contributed by atoms with Crippen LogP contribution in [0.2, 0.25) is 0 Å². The highest BCUT2D eigenvalue weighted by Crippen LogP contribution is 2.68. The molecule has 0 N–H and O–H groups in total. The van der Waals surface area contributed by atoms with Crippen molar-refractivity contribution in [2.45, 2.75) is 57.8 Å². The van der Waals surface area contributed by atoms with Gasteiger partial charge in [-0.1, -0.05) is 199 Å². The van der Waals surface area contributed by atoms with Crippen LogP contribution in [0.3, 0.4) is 0 Å². The van der Waals surface area contributed by atoms with E-state index in [4.69, 9.17) is 4.74 Å². The number of hydrogen-bond acceptors (Lipinski definition) is 4. The monoisotopic (exact) mass is 1020 g/mol. The molecular formula is C75H59N3O. The lowest BCUT2D eigenvalue weighted by Gasteiger charge is -2.47. The van der Waals surface area contributed by atoms with Crippen molar-refractivity contribution in [1.82, 2.24) is 0 Å². The molecule has 12 aromatic carbocycles. The molecule has 0 fully saturated rings. The molecule has 4 nitrogen and oxygen atoms in total. The molecule has 2 aliphatic heterocycles. The highest BCUT2D eigenvalue weighted by molar-refractivity contribution is 6.13. The zero-order valence-corrected chi connectivity index (χ0v) is 45.4. The van der Waals surface area contributed by atoms with Gasteiger partial charge in [-0.3, -0.25) is 0 Å². The molecule has 1 unspecified atom stereocenters. The largest absolute Gasteiger partial charge is 0.453 e. The molecular weight excluding hydrogens is 959 g/mol. The Morgan fingerprint density at radius 2 is 0.848 bits per heavy atom. The van der Waals surface area contributed by atoms with Crippen LogP contribution in [0.4, 0.5) is 51.2 Å². The van der Waals surface area contributed by atoms with Gasteiger partial charge in [-0.05, 0) is 173 Å². The number of para-hydroxylation sites is 4. The van der Waals surface area contributed by atoms with Crippen molar-refractivity contribution in [1.29, 1.82) is 0 Å². The van der Waals surface area contributed by atoms with Crippen LogP contribution in [0.15, 0.2) is 249 Å². The van der Waals surface area contributed by atoms with Gasteiger partial charge in [-0.15, -0.1) is 0 Å². The van der Waals surface area contributed by atoms with Crippen LogP contribution in [0, 0.1) is 0 Å². The Hall–Kier alpha value is -9.38. The summed E-state index contributed by atoms with van der Waals surface area (Å²) in [6, 6.07) is 93.0. The van der Waals surface area contributed by atoms with Crippen molar-refractivity contribution < 1.29 is 4.74 Å². The van der Waals surface area contributed by atoms with E-state index in [0.29, 0.717) is 0 Å². The standard InChI is InChI=1S/C75H59N3O/c1-73(2,3)52-32-38-54(39-33-52)76(56-36-30-48-18-7-9-20-50(48)44-56)58-42-43-61-64(46-58)75(62-24-13-14-26-66(62)78-67-27-15-16-28-69(67)79-70-29-17-25-63(75)72(70)78)65-47-68(59-22-11-12-23-60(59)71(61)65)77(55-40-34-53(35-41-55)74(4,5)6)57-37-31-49-19-8-10-21-51(49)45-57/h7-47H,1-6H3. The van der Waals surface area contributed by atoms with Crippen molar-refractivity contribution >= 4 is 83.5 Å². The fourth-order valence-corrected chi connectivity index (χ4v) is 13.3. The molecule has 0 bridgehead atoms. The van der Waals surface area contributed by atoms with Crippen molar-refractivity contribution in [3.8, 4) is 22.6 Å². The number of rotatable bonds is 6. The van der Waals surface area contributed by atoms with Crippen LogP contribution in [-0.2, 0) is 16.2 Å². The van der Waals surface area contributed by atoms with E-state index in [9.17, 15) is 0 Å². The lowest BCUT2D eigenvalue weighted by molar-refractivity contribution is 0.473. The quantitative estimate of drug-likeness (QED) is 0.165. The van der Waals surface area contributed by atoms with Gasteiger partial charge in [0.25, 0.3) is 0 Å². The maximum absolute atomic E-state index is 7.02. The molecule has 0 amide bonds. The van der Waals surface area contributed by atoms with Gasteiger partial charge in [0.2, 0.25) is 0 Å². The third-order valence-electron chi connectivity index (χ3n) is 17.1. The summed E-state index contributed by atoms with van der Waals surface area (Å²) in [4.78, 5) is 7.43. The topological polar surface area (TPSA) is 19.0 Å². The Kier molecular flexibility index (Phi) is 10.3. The first-order valence-corrected chi connectivity index (χ1v) is 27.7. The minimum atomic E-state index is -0.830. The molecule has 0 radical (unpaired) electrons. The summed E-state index contributed by atoms with van der Waals surface area (Å²) in [5, 5.41) is 7.19. The second kappa shape index (κ2) is 17.3. The molecule has 0 saturated heterocycles. The van der Waals surface area contributed by atoms with Crippen LogP contribution in [0.5, 0.6) is 11.5 Å². The number of hydrogen-bond donors (Lipinski definition) is 0. The molecule has 0 aromatic heterocycles. The molecule has 1 atom stereocenters. The fourth-order valence-electron chi connectivity index (χ4n) is 13.3. The maximum atomic E-state index is 7.02. The number of nitrogens with zero attached hydrogens (tertiary/aromatic N) is 3. The van der Waals surface area contributed by atoms with E-state index in [1.807, 2.05) is 0 Å². The van der Waals surface area contributed by atoms with Crippen LogP contribution in [-0.4, -0.2) is 0 Å². The summed E-state index contributed by atoms with van der Waals surface area (Å²) >= 11 is 0. The van der Waals surface area contributed by atoms with E-state index in [1.165, 1.54) is 76.8 Å². The smallest absolute Gasteiger partial charge is 0.151 e. The van der Waals surface area contributed by atoms with Crippen molar-refractivity contribution in [2.24, 2.45) is 0 Å². The first-order chi connectivity index (χ1) is 38.4. The van der Waals surface area contributed by atoms with E-state index in [2.05, 4.69) is 305 Å². The Labute approximate surface area is 463 Å². The van der Waals surface area contributed by atoms with Crippen LogP contribution >= 0.6 is 0 Å². The highest BCUT2D eigenvalue weighted by Gasteiger charge is 2.54. The van der Waals surface area contributed by atoms with E-state index in [0.717, 1.165) is 62.7 Å². The Morgan fingerprint density at radius 1 is 0.354 bits per heavy atom. The summed E-state index contributed by atoms with van der Waals surface area (Å²) in [6.45, 7) is 13.7. The van der Waals surface area contributed by atoms with Gasteiger partial charge in [0, 0.05) is 33.8 Å². The lowest BCUT2D eigenvalue weighted by atomic mass is 9.64. The Morgan fingerprint density at radius 3 is 1.51 bits per heavy atom. The molecule has 12 aromatic rings. The van der Waals surface area contributed by atoms with E-state index >= 15 is 0 Å². The van der Waals surface area contributed by atoms with Gasteiger partial charge in [-0.25, -0.2) is 0 Å². The predicted molar refractivity (Wildman–Crippen MR) is 331 cm³/mol. The molecule has 3 aliphatic rings. The van der Waals surface area contributed by atoms with Gasteiger partial charge in [0.05, 0.1) is 28.2 Å². The number of benzene rings is 12. The minimum Gasteiger partial charge on any atom is -0.453 e. The Bertz CT molecular complexity index is 4450. The average Bonchev–Trinajstić information content (AvgIpc) is 2.96. The van der Waals surface area contributed by atoms with E-state index < -0.39 is 5.41 Å². The second-order valence-electron chi connectivity index (χ2n) is 23.7. The molecule has 1 aliphatic carbocycles.